The molecule has 66 valence electrons. The van der Waals surface area contributed by atoms with Gasteiger partial charge in [-0.3, -0.25) is 0 Å². The van der Waals surface area contributed by atoms with Crippen LogP contribution in [0.2, 0.25) is 0 Å². The maximum atomic E-state index is 8.86. The van der Waals surface area contributed by atoms with Crippen molar-refractivity contribution in [2.75, 3.05) is 6.61 Å². The molecule has 0 fully saturated rings. The average Bonchev–Trinajstić information content (AvgIpc) is 2.08. The van der Waals surface area contributed by atoms with E-state index in [-0.39, 0.29) is 12.6 Å². The van der Waals surface area contributed by atoms with E-state index in [9.17, 15) is 0 Å². The third-order valence-corrected chi connectivity index (χ3v) is 2.76. The van der Waals surface area contributed by atoms with Crippen molar-refractivity contribution < 1.29 is 5.11 Å². The Balaban J connectivity index is 3.07. The molecule has 0 aliphatic rings. The van der Waals surface area contributed by atoms with Crippen molar-refractivity contribution in [3.8, 4) is 0 Å². The first-order chi connectivity index (χ1) is 5.66. The summed E-state index contributed by atoms with van der Waals surface area (Å²) in [5, 5.41) is 8.86. The highest BCUT2D eigenvalue weighted by atomic mass is 79.9. The maximum Gasteiger partial charge on any atom is 0.0624 e. The first kappa shape index (κ1) is 9.71. The SMILES string of the molecule is Cc1c(Br)cccc1[C@@H](N)CO. The monoisotopic (exact) mass is 229 g/mol. The molecule has 2 nitrogen and oxygen atoms in total. The van der Waals surface area contributed by atoms with Crippen molar-refractivity contribution in [1.82, 2.24) is 0 Å². The molecule has 3 heteroatoms. The quantitative estimate of drug-likeness (QED) is 0.812. The molecule has 12 heavy (non-hydrogen) atoms. The van der Waals surface area contributed by atoms with Gasteiger partial charge in [0, 0.05) is 4.47 Å². The number of hydrogen-bond donors (Lipinski definition) is 2. The van der Waals surface area contributed by atoms with Crippen LogP contribution in [0.3, 0.4) is 0 Å². The minimum atomic E-state index is -0.275. The summed E-state index contributed by atoms with van der Waals surface area (Å²) in [4.78, 5) is 0. The Morgan fingerprint density at radius 2 is 2.25 bits per heavy atom. The minimum absolute atomic E-state index is 0.0166. The largest absolute Gasteiger partial charge is 0.394 e. The van der Waals surface area contributed by atoms with Crippen LogP contribution in [0.15, 0.2) is 22.7 Å². The van der Waals surface area contributed by atoms with Crippen LogP contribution in [-0.4, -0.2) is 11.7 Å². The second-order valence-electron chi connectivity index (χ2n) is 2.74. The van der Waals surface area contributed by atoms with Crippen molar-refractivity contribution >= 4 is 15.9 Å². The molecule has 3 N–H and O–H groups in total. The second kappa shape index (κ2) is 4.03. The number of hydrogen-bond acceptors (Lipinski definition) is 2. The number of nitrogens with two attached hydrogens (primary N) is 1. The fraction of sp³-hybridized carbons (Fsp3) is 0.333. The van der Waals surface area contributed by atoms with Crippen LogP contribution in [0, 0.1) is 6.92 Å². The Bertz CT molecular complexity index is 275. The smallest absolute Gasteiger partial charge is 0.0624 e. The van der Waals surface area contributed by atoms with Crippen LogP contribution >= 0.6 is 15.9 Å². The summed E-state index contributed by atoms with van der Waals surface area (Å²) in [5.74, 6) is 0. The Hall–Kier alpha value is -0.380. The van der Waals surface area contributed by atoms with E-state index in [0.29, 0.717) is 0 Å². The highest BCUT2D eigenvalue weighted by molar-refractivity contribution is 9.10. The number of aliphatic hydroxyl groups excluding tert-OH is 1. The molecule has 0 saturated heterocycles. The van der Waals surface area contributed by atoms with Gasteiger partial charge in [0.25, 0.3) is 0 Å². The number of aliphatic hydroxyl groups is 1. The predicted molar refractivity (Wildman–Crippen MR) is 52.9 cm³/mol. The Labute approximate surface area is 80.5 Å². The van der Waals surface area contributed by atoms with Crippen LogP contribution in [0.25, 0.3) is 0 Å². The fourth-order valence-corrected chi connectivity index (χ4v) is 1.51. The molecule has 0 unspecified atom stereocenters. The van der Waals surface area contributed by atoms with Gasteiger partial charge in [0.1, 0.15) is 0 Å². The molecule has 0 heterocycles. The summed E-state index contributed by atoms with van der Waals surface area (Å²) in [6.45, 7) is 1.96. The van der Waals surface area contributed by atoms with Crippen molar-refractivity contribution in [3.63, 3.8) is 0 Å². The summed E-state index contributed by atoms with van der Waals surface area (Å²) >= 11 is 3.41. The number of halogens is 1. The van der Waals surface area contributed by atoms with Crippen LogP contribution in [-0.2, 0) is 0 Å². The lowest BCUT2D eigenvalue weighted by molar-refractivity contribution is 0.267. The third-order valence-electron chi connectivity index (χ3n) is 1.91. The normalized spacial score (nSPS) is 13.0. The molecule has 0 aliphatic carbocycles. The molecule has 1 aromatic rings. The third kappa shape index (κ3) is 1.86. The molecule has 0 bridgehead atoms. The van der Waals surface area contributed by atoms with Gasteiger partial charge in [-0.2, -0.15) is 0 Å². The van der Waals surface area contributed by atoms with Crippen molar-refractivity contribution in [2.24, 2.45) is 5.73 Å². The van der Waals surface area contributed by atoms with Crippen LogP contribution in [0.4, 0.5) is 0 Å². The molecule has 0 radical (unpaired) electrons. The van der Waals surface area contributed by atoms with E-state index in [1.54, 1.807) is 0 Å². The lowest BCUT2D eigenvalue weighted by Crippen LogP contribution is -2.15. The number of rotatable bonds is 2. The van der Waals surface area contributed by atoms with Gasteiger partial charge in [-0.25, -0.2) is 0 Å². The molecule has 0 spiro atoms. The lowest BCUT2D eigenvalue weighted by Gasteiger charge is -2.12. The zero-order valence-corrected chi connectivity index (χ0v) is 8.51. The number of benzene rings is 1. The molecule has 1 rings (SSSR count). The van der Waals surface area contributed by atoms with E-state index in [2.05, 4.69) is 15.9 Å². The molecule has 0 amide bonds. The summed E-state index contributed by atoms with van der Waals surface area (Å²) in [6.07, 6.45) is 0. The van der Waals surface area contributed by atoms with Crippen molar-refractivity contribution in [3.05, 3.63) is 33.8 Å². The summed E-state index contributed by atoms with van der Waals surface area (Å²) in [5.41, 5.74) is 7.78. The summed E-state index contributed by atoms with van der Waals surface area (Å²) in [6, 6.07) is 5.54. The Morgan fingerprint density at radius 1 is 1.58 bits per heavy atom. The zero-order chi connectivity index (χ0) is 9.14. The summed E-state index contributed by atoms with van der Waals surface area (Å²) in [7, 11) is 0. The maximum absolute atomic E-state index is 8.86. The first-order valence-electron chi connectivity index (χ1n) is 3.78. The highest BCUT2D eigenvalue weighted by Gasteiger charge is 2.08. The molecular formula is C9H12BrNO. The van der Waals surface area contributed by atoms with Gasteiger partial charge in [-0.15, -0.1) is 0 Å². The van der Waals surface area contributed by atoms with E-state index in [0.717, 1.165) is 15.6 Å². The van der Waals surface area contributed by atoms with Crippen molar-refractivity contribution in [2.45, 2.75) is 13.0 Å². The topological polar surface area (TPSA) is 46.2 Å². The standard InChI is InChI=1S/C9H12BrNO/c1-6-7(9(11)5-12)3-2-4-8(6)10/h2-4,9,12H,5,11H2,1H3/t9-/m0/s1. The Morgan fingerprint density at radius 3 is 2.83 bits per heavy atom. The first-order valence-corrected chi connectivity index (χ1v) is 4.57. The molecular weight excluding hydrogens is 218 g/mol. The summed E-state index contributed by atoms with van der Waals surface area (Å²) < 4.78 is 1.03. The van der Waals surface area contributed by atoms with Crippen LogP contribution in [0.1, 0.15) is 17.2 Å². The van der Waals surface area contributed by atoms with E-state index < -0.39 is 0 Å². The van der Waals surface area contributed by atoms with Crippen LogP contribution in [0.5, 0.6) is 0 Å². The van der Waals surface area contributed by atoms with E-state index >= 15 is 0 Å². The van der Waals surface area contributed by atoms with E-state index in [4.69, 9.17) is 10.8 Å². The minimum Gasteiger partial charge on any atom is -0.394 e. The zero-order valence-electron chi connectivity index (χ0n) is 6.92. The molecule has 1 atom stereocenters. The highest BCUT2D eigenvalue weighted by Crippen LogP contribution is 2.22. The van der Waals surface area contributed by atoms with Gasteiger partial charge in [-0.1, -0.05) is 28.1 Å². The van der Waals surface area contributed by atoms with Gasteiger partial charge in [0.2, 0.25) is 0 Å². The van der Waals surface area contributed by atoms with E-state index in [1.165, 1.54) is 0 Å². The Kier molecular flexibility index (Phi) is 3.26. The van der Waals surface area contributed by atoms with Gasteiger partial charge in [0.05, 0.1) is 12.6 Å². The van der Waals surface area contributed by atoms with Gasteiger partial charge in [0.15, 0.2) is 0 Å². The molecule has 0 saturated carbocycles. The van der Waals surface area contributed by atoms with Crippen molar-refractivity contribution in [1.29, 1.82) is 0 Å². The van der Waals surface area contributed by atoms with Gasteiger partial charge >= 0.3 is 0 Å². The average molecular weight is 230 g/mol. The predicted octanol–water partition coefficient (Wildman–Crippen LogP) is 1.75. The second-order valence-corrected chi connectivity index (χ2v) is 3.60. The van der Waals surface area contributed by atoms with E-state index in [1.807, 2.05) is 25.1 Å². The van der Waals surface area contributed by atoms with Crippen LogP contribution < -0.4 is 5.73 Å². The molecule has 0 aromatic heterocycles. The molecule has 1 aromatic carbocycles. The van der Waals surface area contributed by atoms with Gasteiger partial charge in [-0.05, 0) is 24.1 Å². The lowest BCUT2D eigenvalue weighted by atomic mass is 10.0. The fourth-order valence-electron chi connectivity index (χ4n) is 1.12. The van der Waals surface area contributed by atoms with Gasteiger partial charge < -0.3 is 10.8 Å². The molecule has 0 aliphatic heterocycles.